The molecule has 0 saturated heterocycles. The summed E-state index contributed by atoms with van der Waals surface area (Å²) in [6.45, 7) is 4.07. The smallest absolute Gasteiger partial charge is 0.308 e. The Bertz CT molecular complexity index is 1310. The fraction of sp³-hybridized carbons (Fsp3) is 0.308. The molecule has 2 heterocycles. The molecule has 0 spiro atoms. The number of aromatic nitrogens is 2. The van der Waals surface area contributed by atoms with Gasteiger partial charge in [0.15, 0.2) is 5.84 Å². The molecule has 9 nitrogen and oxygen atoms in total. The lowest BCUT2D eigenvalue weighted by Gasteiger charge is -2.16. The Morgan fingerprint density at radius 1 is 1.14 bits per heavy atom. The van der Waals surface area contributed by atoms with E-state index in [0.29, 0.717) is 30.3 Å². The summed E-state index contributed by atoms with van der Waals surface area (Å²) in [5.74, 6) is 0.0601. The van der Waals surface area contributed by atoms with Crippen molar-refractivity contribution in [2.45, 2.75) is 52.5 Å². The summed E-state index contributed by atoms with van der Waals surface area (Å²) in [4.78, 5) is 34.0. The van der Waals surface area contributed by atoms with Crippen molar-refractivity contribution in [3.63, 3.8) is 0 Å². The van der Waals surface area contributed by atoms with E-state index in [0.717, 1.165) is 35.1 Å². The number of benzene rings is 2. The molecule has 35 heavy (non-hydrogen) atoms. The number of carboxylic acid groups (broad SMARTS) is 1. The molecule has 3 N–H and O–H groups in total. The van der Waals surface area contributed by atoms with Crippen molar-refractivity contribution in [3.8, 4) is 11.1 Å². The molecule has 3 aromatic rings. The van der Waals surface area contributed by atoms with Crippen LogP contribution in [0.5, 0.6) is 0 Å². The number of aliphatic carboxylic acids is 1. The summed E-state index contributed by atoms with van der Waals surface area (Å²) < 4.78 is 1.60. The van der Waals surface area contributed by atoms with Crippen LogP contribution in [-0.2, 0) is 29.0 Å². The summed E-state index contributed by atoms with van der Waals surface area (Å²) in [5.41, 5.74) is 3.92. The fourth-order valence-corrected chi connectivity index (χ4v) is 4.11. The first-order chi connectivity index (χ1) is 16.9. The lowest BCUT2D eigenvalue weighted by atomic mass is 9.98. The number of aliphatic hydroxyl groups is 1. The minimum absolute atomic E-state index is 0.220. The van der Waals surface area contributed by atoms with E-state index < -0.39 is 12.4 Å². The van der Waals surface area contributed by atoms with Gasteiger partial charge in [-0.1, -0.05) is 67.0 Å². The number of aryl methyl sites for hydroxylation is 2. The van der Waals surface area contributed by atoms with E-state index in [9.17, 15) is 19.8 Å². The molecule has 9 heteroatoms. The Kier molecular flexibility index (Phi) is 7.26. The van der Waals surface area contributed by atoms with Crippen LogP contribution in [0.3, 0.4) is 0 Å². The molecule has 0 amide bonds. The minimum Gasteiger partial charge on any atom is -0.481 e. The second-order valence-electron chi connectivity index (χ2n) is 8.44. The number of hydrogen-bond donors (Lipinski definition) is 3. The number of aliphatic hydroxyl groups excluding tert-OH is 1. The van der Waals surface area contributed by atoms with Crippen LogP contribution in [0.15, 0.2) is 58.5 Å². The van der Waals surface area contributed by atoms with Crippen molar-refractivity contribution in [1.29, 1.82) is 0 Å². The number of nitrogens with one attached hydrogen (secondary N) is 1. The highest BCUT2D eigenvalue weighted by Gasteiger charge is 2.21. The van der Waals surface area contributed by atoms with Gasteiger partial charge in [-0.3, -0.25) is 14.2 Å². The van der Waals surface area contributed by atoms with Gasteiger partial charge in [-0.15, -0.1) is 0 Å². The maximum Gasteiger partial charge on any atom is 0.308 e. The molecule has 0 aliphatic carbocycles. The molecule has 1 atom stereocenters. The van der Waals surface area contributed by atoms with E-state index >= 15 is 0 Å². The van der Waals surface area contributed by atoms with Gasteiger partial charge in [0.2, 0.25) is 0 Å². The number of hydrogen-bond acceptors (Lipinski definition) is 7. The first kappa shape index (κ1) is 24.2. The first-order valence-electron chi connectivity index (χ1n) is 11.6. The maximum absolute atomic E-state index is 13.2. The highest BCUT2D eigenvalue weighted by molar-refractivity contribution is 6.04. The third kappa shape index (κ3) is 5.41. The van der Waals surface area contributed by atoms with Crippen LogP contribution >= 0.6 is 0 Å². The van der Waals surface area contributed by atoms with Crippen LogP contribution in [0.2, 0.25) is 0 Å². The Balaban J connectivity index is 1.66. The fourth-order valence-electron chi connectivity index (χ4n) is 4.11. The standard InChI is InChI=1S/C26H28N4O5/c1-3-4-9-22-27-16(2)21(14-23(31)32)25(33)30(22)15-17-10-12-18(13-11-17)19-7-5-6-8-20(19)24-28-26(34)35-29-24/h5-8,10-13,26,34H,3-4,9,14-15H2,1-2H3,(H,28,29)(H,31,32). The second-order valence-corrected chi connectivity index (χ2v) is 8.44. The van der Waals surface area contributed by atoms with Crippen LogP contribution in [0.4, 0.5) is 0 Å². The molecule has 4 rings (SSSR count). The molecule has 0 fully saturated rings. The number of oxime groups is 1. The largest absolute Gasteiger partial charge is 0.481 e. The second kappa shape index (κ2) is 10.5. The topological polar surface area (TPSA) is 126 Å². The van der Waals surface area contributed by atoms with E-state index in [2.05, 4.69) is 22.4 Å². The van der Waals surface area contributed by atoms with Gasteiger partial charge in [0, 0.05) is 23.2 Å². The zero-order valence-electron chi connectivity index (χ0n) is 19.7. The third-order valence-corrected chi connectivity index (χ3v) is 5.92. The summed E-state index contributed by atoms with van der Waals surface area (Å²) in [6.07, 6.45) is 0.972. The van der Waals surface area contributed by atoms with E-state index in [-0.39, 0.29) is 17.5 Å². The predicted octanol–water partition coefficient (Wildman–Crippen LogP) is 2.79. The Morgan fingerprint density at radius 3 is 2.49 bits per heavy atom. The van der Waals surface area contributed by atoms with Gasteiger partial charge in [0.25, 0.3) is 5.56 Å². The Morgan fingerprint density at radius 2 is 1.86 bits per heavy atom. The minimum atomic E-state index is -1.17. The van der Waals surface area contributed by atoms with Crippen molar-refractivity contribution in [2.24, 2.45) is 5.16 Å². The highest BCUT2D eigenvalue weighted by Crippen LogP contribution is 2.25. The lowest BCUT2D eigenvalue weighted by Crippen LogP contribution is -2.31. The zero-order chi connectivity index (χ0) is 24.9. The molecule has 0 saturated carbocycles. The van der Waals surface area contributed by atoms with E-state index in [4.69, 9.17) is 4.84 Å². The normalized spacial score (nSPS) is 14.8. The molecule has 2 aromatic carbocycles. The van der Waals surface area contributed by atoms with Crippen molar-refractivity contribution >= 4 is 11.8 Å². The van der Waals surface area contributed by atoms with Crippen LogP contribution in [-0.4, -0.2) is 38.0 Å². The van der Waals surface area contributed by atoms with Gasteiger partial charge in [-0.25, -0.2) is 4.98 Å². The number of rotatable bonds is 9. The van der Waals surface area contributed by atoms with Gasteiger partial charge in [0.05, 0.1) is 13.0 Å². The monoisotopic (exact) mass is 476 g/mol. The molecule has 1 aliphatic heterocycles. The quantitative estimate of drug-likeness (QED) is 0.434. The average Bonchev–Trinajstić information content (AvgIpc) is 3.29. The van der Waals surface area contributed by atoms with Crippen molar-refractivity contribution in [3.05, 3.63) is 87.1 Å². The molecular weight excluding hydrogens is 448 g/mol. The average molecular weight is 477 g/mol. The van der Waals surface area contributed by atoms with E-state index in [1.165, 1.54) is 0 Å². The van der Waals surface area contributed by atoms with Crippen molar-refractivity contribution in [2.75, 3.05) is 0 Å². The lowest BCUT2D eigenvalue weighted by molar-refractivity contribution is -0.136. The Labute approximate surface area is 202 Å². The molecule has 1 aliphatic rings. The van der Waals surface area contributed by atoms with Crippen molar-refractivity contribution < 1.29 is 19.8 Å². The Hall–Kier alpha value is -3.98. The summed E-state index contributed by atoms with van der Waals surface area (Å²) >= 11 is 0. The van der Waals surface area contributed by atoms with E-state index in [1.807, 2.05) is 48.5 Å². The van der Waals surface area contributed by atoms with Crippen molar-refractivity contribution in [1.82, 2.24) is 14.9 Å². The van der Waals surface area contributed by atoms with Crippen LogP contribution in [0.25, 0.3) is 11.1 Å². The first-order valence-corrected chi connectivity index (χ1v) is 11.6. The molecular formula is C26H28N4O5. The molecule has 1 aromatic heterocycles. The summed E-state index contributed by atoms with van der Waals surface area (Å²) in [7, 11) is 0. The number of unbranched alkanes of at least 4 members (excludes halogenated alkanes) is 1. The highest BCUT2D eigenvalue weighted by atomic mass is 16.7. The van der Waals surface area contributed by atoms with E-state index in [1.54, 1.807) is 11.5 Å². The zero-order valence-corrected chi connectivity index (χ0v) is 19.7. The van der Waals surface area contributed by atoms with Gasteiger partial charge in [-0.05, 0) is 30.0 Å². The van der Waals surface area contributed by atoms with Gasteiger partial charge in [-0.2, -0.15) is 0 Å². The molecule has 182 valence electrons. The SMILES string of the molecule is CCCCc1nc(C)c(CC(=O)O)c(=O)n1Cc1ccc(-c2ccccc2C2=NOC(O)N2)cc1. The number of nitrogens with zero attached hydrogens (tertiary/aromatic N) is 3. The number of carbonyl (C=O) groups is 1. The molecule has 1 unspecified atom stereocenters. The number of amidine groups is 1. The van der Waals surface area contributed by atoms with Gasteiger partial charge < -0.3 is 20.4 Å². The van der Waals surface area contributed by atoms with Crippen LogP contribution in [0, 0.1) is 6.92 Å². The maximum atomic E-state index is 13.2. The molecule has 0 radical (unpaired) electrons. The van der Waals surface area contributed by atoms with Gasteiger partial charge >= 0.3 is 12.4 Å². The van der Waals surface area contributed by atoms with Crippen LogP contribution < -0.4 is 10.9 Å². The summed E-state index contributed by atoms with van der Waals surface area (Å²) in [5, 5.41) is 25.5. The summed E-state index contributed by atoms with van der Waals surface area (Å²) in [6, 6.07) is 15.4. The van der Waals surface area contributed by atoms with Gasteiger partial charge in [0.1, 0.15) is 5.82 Å². The third-order valence-electron chi connectivity index (χ3n) is 5.92. The van der Waals surface area contributed by atoms with Crippen LogP contribution in [0.1, 0.15) is 48.0 Å². The predicted molar refractivity (Wildman–Crippen MR) is 131 cm³/mol. The number of carboxylic acids is 1. The molecule has 0 bridgehead atoms.